The van der Waals surface area contributed by atoms with Crippen LogP contribution >= 0.6 is 0 Å². The van der Waals surface area contributed by atoms with Crippen LogP contribution in [-0.2, 0) is 5.41 Å². The lowest BCUT2D eigenvalue weighted by Crippen LogP contribution is -2.28. The van der Waals surface area contributed by atoms with Crippen molar-refractivity contribution in [2.24, 2.45) is 0 Å². The zero-order chi connectivity index (χ0) is 36.6. The van der Waals surface area contributed by atoms with Gasteiger partial charge in [0.25, 0.3) is 0 Å². The van der Waals surface area contributed by atoms with E-state index in [0.29, 0.717) is 5.82 Å². The first-order valence-electron chi connectivity index (χ1n) is 18.8. The SMILES string of the molecule is c1ccc(-c2ccc(-c3nc(-c4ccccc4)cc(-c4cccc(-c5cccc6c5-c5ccccc5C6(c5ccccc5)c5ccccc5)c4)n3)cc2)cc1. The van der Waals surface area contributed by atoms with Crippen LogP contribution in [0.2, 0.25) is 0 Å². The van der Waals surface area contributed by atoms with Crippen LogP contribution in [0, 0.1) is 0 Å². The molecule has 9 aromatic rings. The van der Waals surface area contributed by atoms with E-state index in [1.807, 2.05) is 12.1 Å². The van der Waals surface area contributed by atoms with Crippen molar-refractivity contribution in [1.82, 2.24) is 9.97 Å². The molecule has 1 aliphatic carbocycles. The van der Waals surface area contributed by atoms with Crippen molar-refractivity contribution in [2.45, 2.75) is 5.41 Å². The summed E-state index contributed by atoms with van der Waals surface area (Å²) < 4.78 is 0. The fourth-order valence-corrected chi connectivity index (χ4v) is 8.50. The number of rotatable bonds is 7. The van der Waals surface area contributed by atoms with Crippen molar-refractivity contribution in [3.63, 3.8) is 0 Å². The number of nitrogens with zero attached hydrogens (tertiary/aromatic N) is 2. The molecule has 0 saturated heterocycles. The first-order valence-corrected chi connectivity index (χ1v) is 18.8. The van der Waals surface area contributed by atoms with Gasteiger partial charge in [-0.05, 0) is 67.8 Å². The summed E-state index contributed by atoms with van der Waals surface area (Å²) in [7, 11) is 0. The van der Waals surface area contributed by atoms with E-state index < -0.39 is 5.41 Å². The Labute approximate surface area is 322 Å². The third kappa shape index (κ3) is 5.59. The lowest BCUT2D eigenvalue weighted by molar-refractivity contribution is 0.768. The maximum atomic E-state index is 5.24. The molecule has 55 heavy (non-hydrogen) atoms. The van der Waals surface area contributed by atoms with Crippen LogP contribution in [0.15, 0.2) is 218 Å². The van der Waals surface area contributed by atoms with Gasteiger partial charge in [-0.15, -0.1) is 0 Å². The topological polar surface area (TPSA) is 25.8 Å². The predicted octanol–water partition coefficient (Wildman–Crippen LogP) is 13.2. The third-order valence-electron chi connectivity index (χ3n) is 11.0. The first kappa shape index (κ1) is 32.5. The number of fused-ring (bicyclic) bond motifs is 3. The Morgan fingerprint density at radius 3 is 1.42 bits per heavy atom. The molecular weight excluding hydrogens is 665 g/mol. The zero-order valence-corrected chi connectivity index (χ0v) is 30.2. The molecule has 0 bridgehead atoms. The summed E-state index contributed by atoms with van der Waals surface area (Å²) in [5.41, 5.74) is 16.8. The summed E-state index contributed by atoms with van der Waals surface area (Å²) in [4.78, 5) is 10.4. The van der Waals surface area contributed by atoms with Crippen LogP contribution in [0.25, 0.3) is 67.3 Å². The van der Waals surface area contributed by atoms with E-state index in [0.717, 1.165) is 39.2 Å². The quantitative estimate of drug-likeness (QED) is 0.165. The summed E-state index contributed by atoms with van der Waals surface area (Å²) >= 11 is 0. The summed E-state index contributed by atoms with van der Waals surface area (Å²) in [6, 6.07) is 78.1. The molecule has 1 heterocycles. The smallest absolute Gasteiger partial charge is 0.160 e. The molecule has 0 amide bonds. The molecule has 0 atom stereocenters. The normalized spacial score (nSPS) is 12.5. The number of aromatic nitrogens is 2. The van der Waals surface area contributed by atoms with Gasteiger partial charge in [-0.2, -0.15) is 0 Å². The molecule has 10 rings (SSSR count). The average Bonchev–Trinajstić information content (AvgIpc) is 3.59. The predicted molar refractivity (Wildman–Crippen MR) is 227 cm³/mol. The van der Waals surface area contributed by atoms with Gasteiger partial charge in [0, 0.05) is 16.7 Å². The fraction of sp³-hybridized carbons (Fsp3) is 0.0189. The van der Waals surface area contributed by atoms with Crippen molar-refractivity contribution in [3.05, 3.63) is 241 Å². The molecule has 0 aliphatic heterocycles. The van der Waals surface area contributed by atoms with Crippen LogP contribution < -0.4 is 0 Å². The van der Waals surface area contributed by atoms with Crippen LogP contribution in [0.1, 0.15) is 22.3 Å². The van der Waals surface area contributed by atoms with Gasteiger partial charge >= 0.3 is 0 Å². The first-order chi connectivity index (χ1) is 27.3. The van der Waals surface area contributed by atoms with Crippen LogP contribution in [0.4, 0.5) is 0 Å². The van der Waals surface area contributed by atoms with Gasteiger partial charge in [0.1, 0.15) is 0 Å². The molecule has 0 fully saturated rings. The number of benzene rings is 8. The lowest BCUT2D eigenvalue weighted by Gasteiger charge is -2.34. The van der Waals surface area contributed by atoms with E-state index in [2.05, 4.69) is 206 Å². The Morgan fingerprint density at radius 1 is 0.291 bits per heavy atom. The summed E-state index contributed by atoms with van der Waals surface area (Å²) in [6.07, 6.45) is 0. The van der Waals surface area contributed by atoms with E-state index in [-0.39, 0.29) is 0 Å². The van der Waals surface area contributed by atoms with Gasteiger partial charge in [-0.1, -0.05) is 206 Å². The standard InChI is InChI=1S/C53H36N2/c1-5-17-37(18-6-1)38-31-33-40(34-32-38)52-54-49(39-19-7-2-8-20-39)36-50(55-52)42-22-15-21-41(35-42)45-28-16-30-48-51(45)46-27-13-14-29-47(46)53(48,43-23-9-3-10-24-43)44-25-11-4-12-26-44/h1-36H. The second-order valence-electron chi connectivity index (χ2n) is 14.1. The molecule has 1 aromatic heterocycles. The molecule has 0 N–H and O–H groups in total. The van der Waals surface area contributed by atoms with Crippen molar-refractivity contribution < 1.29 is 0 Å². The minimum atomic E-state index is -0.454. The van der Waals surface area contributed by atoms with Gasteiger partial charge in [0.15, 0.2) is 5.82 Å². The van der Waals surface area contributed by atoms with E-state index >= 15 is 0 Å². The Bertz CT molecular complexity index is 2740. The summed E-state index contributed by atoms with van der Waals surface area (Å²) in [6.45, 7) is 0. The average molecular weight is 701 g/mol. The van der Waals surface area contributed by atoms with Crippen LogP contribution in [0.5, 0.6) is 0 Å². The molecule has 0 radical (unpaired) electrons. The molecule has 0 spiro atoms. The molecule has 1 aliphatic rings. The van der Waals surface area contributed by atoms with E-state index in [1.54, 1.807) is 0 Å². The second-order valence-corrected chi connectivity index (χ2v) is 14.1. The fourth-order valence-electron chi connectivity index (χ4n) is 8.50. The summed E-state index contributed by atoms with van der Waals surface area (Å²) in [5, 5.41) is 0. The van der Waals surface area contributed by atoms with Crippen molar-refractivity contribution in [2.75, 3.05) is 0 Å². The van der Waals surface area contributed by atoms with Gasteiger partial charge in [-0.3, -0.25) is 0 Å². The monoisotopic (exact) mass is 700 g/mol. The van der Waals surface area contributed by atoms with Crippen molar-refractivity contribution >= 4 is 0 Å². The molecule has 2 heteroatoms. The largest absolute Gasteiger partial charge is 0.228 e. The van der Waals surface area contributed by atoms with E-state index in [1.165, 1.54) is 44.5 Å². The number of hydrogen-bond acceptors (Lipinski definition) is 2. The zero-order valence-electron chi connectivity index (χ0n) is 30.2. The second kappa shape index (κ2) is 13.7. The highest BCUT2D eigenvalue weighted by Crippen LogP contribution is 2.58. The Balaban J connectivity index is 1.13. The Kier molecular flexibility index (Phi) is 8.08. The van der Waals surface area contributed by atoms with Crippen LogP contribution in [-0.4, -0.2) is 9.97 Å². The minimum absolute atomic E-state index is 0.454. The van der Waals surface area contributed by atoms with Gasteiger partial charge in [-0.25, -0.2) is 9.97 Å². The Hall–Kier alpha value is -7.16. The molecule has 258 valence electrons. The lowest BCUT2D eigenvalue weighted by atomic mass is 9.67. The highest BCUT2D eigenvalue weighted by atomic mass is 14.9. The minimum Gasteiger partial charge on any atom is -0.228 e. The summed E-state index contributed by atoms with van der Waals surface area (Å²) in [5.74, 6) is 0.700. The number of hydrogen-bond donors (Lipinski definition) is 0. The highest BCUT2D eigenvalue weighted by Gasteiger charge is 2.46. The van der Waals surface area contributed by atoms with Crippen LogP contribution in [0.3, 0.4) is 0 Å². The molecular formula is C53H36N2. The highest BCUT2D eigenvalue weighted by molar-refractivity contribution is 5.96. The van der Waals surface area contributed by atoms with E-state index in [9.17, 15) is 0 Å². The van der Waals surface area contributed by atoms with Gasteiger partial charge in [0.05, 0.1) is 16.8 Å². The van der Waals surface area contributed by atoms with Crippen molar-refractivity contribution in [3.8, 4) is 67.3 Å². The van der Waals surface area contributed by atoms with Crippen molar-refractivity contribution in [1.29, 1.82) is 0 Å². The Morgan fingerprint density at radius 2 is 0.745 bits per heavy atom. The maximum Gasteiger partial charge on any atom is 0.160 e. The maximum absolute atomic E-state index is 5.24. The molecule has 0 saturated carbocycles. The molecule has 2 nitrogen and oxygen atoms in total. The molecule has 8 aromatic carbocycles. The van der Waals surface area contributed by atoms with E-state index in [4.69, 9.17) is 9.97 Å². The molecule has 0 unspecified atom stereocenters. The van der Waals surface area contributed by atoms with Gasteiger partial charge in [0.2, 0.25) is 0 Å². The van der Waals surface area contributed by atoms with Gasteiger partial charge < -0.3 is 0 Å². The third-order valence-corrected chi connectivity index (χ3v) is 11.0.